The van der Waals surface area contributed by atoms with Crippen molar-refractivity contribution in [2.45, 2.75) is 32.3 Å². The predicted molar refractivity (Wildman–Crippen MR) is 62.1 cm³/mol. The van der Waals surface area contributed by atoms with Gasteiger partial charge >= 0.3 is 12.4 Å². The van der Waals surface area contributed by atoms with E-state index in [1.54, 1.807) is 19.9 Å². The van der Waals surface area contributed by atoms with Crippen molar-refractivity contribution >= 4 is 5.78 Å². The molecule has 0 bridgehead atoms. The third kappa shape index (κ3) is 4.73. The number of Topliss-reactive ketones (excluding diaryl/α,β-unsaturated/α-hetero) is 1. The minimum absolute atomic E-state index is 0.00111. The quantitative estimate of drug-likeness (QED) is 0.620. The van der Waals surface area contributed by atoms with Crippen LogP contribution in [0.25, 0.3) is 0 Å². The number of alkyl halides is 6. The Morgan fingerprint density at radius 3 is 2.00 bits per heavy atom. The van der Waals surface area contributed by atoms with Gasteiger partial charge in [-0.25, -0.2) is 0 Å². The van der Waals surface area contributed by atoms with Crippen molar-refractivity contribution in [3.63, 3.8) is 0 Å². The summed E-state index contributed by atoms with van der Waals surface area (Å²) in [5, 5.41) is 0. The summed E-state index contributed by atoms with van der Waals surface area (Å²) in [4.78, 5) is 11.6. The molecule has 0 heterocycles. The molecule has 0 aliphatic heterocycles. The van der Waals surface area contributed by atoms with E-state index in [1.165, 1.54) is 12.1 Å². The van der Waals surface area contributed by atoms with Crippen LogP contribution in [0.2, 0.25) is 0 Å². The highest BCUT2D eigenvalue weighted by atomic mass is 19.4. The Labute approximate surface area is 116 Å². The summed E-state index contributed by atoms with van der Waals surface area (Å²) in [5.74, 6) is -0.948. The first-order valence-electron chi connectivity index (χ1n) is 5.78. The third-order valence-corrected chi connectivity index (χ3v) is 2.80. The van der Waals surface area contributed by atoms with E-state index in [9.17, 15) is 31.1 Å². The molecule has 0 spiro atoms. The molecule has 0 fully saturated rings. The number of rotatable bonds is 4. The summed E-state index contributed by atoms with van der Waals surface area (Å²) < 4.78 is 77.1. The number of hydrogen-bond donors (Lipinski definition) is 0. The van der Waals surface area contributed by atoms with E-state index in [4.69, 9.17) is 0 Å². The van der Waals surface area contributed by atoms with Gasteiger partial charge in [-0.1, -0.05) is 12.1 Å². The van der Waals surface area contributed by atoms with E-state index in [0.717, 1.165) is 5.56 Å². The van der Waals surface area contributed by atoms with Crippen molar-refractivity contribution in [1.29, 1.82) is 0 Å². The highest BCUT2D eigenvalue weighted by Crippen LogP contribution is 2.35. The summed E-state index contributed by atoms with van der Waals surface area (Å²) in [6, 6.07) is 4.26. The van der Waals surface area contributed by atoms with Crippen LogP contribution in [0.3, 0.4) is 0 Å². The Balaban J connectivity index is 2.81. The Hall–Kier alpha value is -1.57. The van der Waals surface area contributed by atoms with E-state index in [-0.39, 0.29) is 5.56 Å². The van der Waals surface area contributed by atoms with Crippen LogP contribution in [-0.2, 0) is 4.74 Å². The van der Waals surface area contributed by atoms with E-state index in [0.29, 0.717) is 5.56 Å². The topological polar surface area (TPSA) is 26.3 Å². The van der Waals surface area contributed by atoms with Gasteiger partial charge in [0, 0.05) is 5.56 Å². The van der Waals surface area contributed by atoms with Gasteiger partial charge in [-0.15, -0.1) is 0 Å². The van der Waals surface area contributed by atoms with Gasteiger partial charge in [0.05, 0.1) is 0 Å². The summed E-state index contributed by atoms with van der Waals surface area (Å²) in [6.45, 7) is 2.12. The smallest absolute Gasteiger partial charge is 0.353 e. The minimum Gasteiger partial charge on any atom is -0.353 e. The number of hydrogen-bond acceptors (Lipinski definition) is 2. The van der Waals surface area contributed by atoms with Crippen LogP contribution in [0.15, 0.2) is 18.2 Å². The zero-order valence-electron chi connectivity index (χ0n) is 11.1. The number of carbonyl (C=O) groups is 1. The zero-order chi connectivity index (χ0) is 16.4. The molecule has 1 aromatic carbocycles. The van der Waals surface area contributed by atoms with Gasteiger partial charge in [0.1, 0.15) is 6.61 Å². The average molecular weight is 314 g/mol. The Kier molecular flexibility index (Phi) is 5.03. The van der Waals surface area contributed by atoms with Crippen LogP contribution < -0.4 is 0 Å². The first-order valence-corrected chi connectivity index (χ1v) is 5.78. The molecule has 0 saturated carbocycles. The van der Waals surface area contributed by atoms with Crippen LogP contribution in [0, 0.1) is 13.8 Å². The molecular formula is C13H12F6O2. The van der Waals surface area contributed by atoms with Crippen molar-refractivity contribution in [3.8, 4) is 0 Å². The summed E-state index contributed by atoms with van der Waals surface area (Å²) >= 11 is 0. The van der Waals surface area contributed by atoms with Crippen molar-refractivity contribution in [2.75, 3.05) is 6.61 Å². The lowest BCUT2D eigenvalue weighted by Gasteiger charge is -2.22. The molecule has 118 valence electrons. The first kappa shape index (κ1) is 17.5. The van der Waals surface area contributed by atoms with Gasteiger partial charge in [-0.3, -0.25) is 4.79 Å². The van der Waals surface area contributed by atoms with E-state index in [2.05, 4.69) is 4.74 Å². The van der Waals surface area contributed by atoms with Gasteiger partial charge < -0.3 is 4.74 Å². The van der Waals surface area contributed by atoms with Gasteiger partial charge in [0.2, 0.25) is 6.10 Å². The molecule has 0 aliphatic rings. The monoisotopic (exact) mass is 314 g/mol. The largest absolute Gasteiger partial charge is 0.423 e. The molecule has 21 heavy (non-hydrogen) atoms. The van der Waals surface area contributed by atoms with E-state index >= 15 is 0 Å². The molecule has 0 N–H and O–H groups in total. The van der Waals surface area contributed by atoms with Crippen LogP contribution in [0.1, 0.15) is 21.5 Å². The van der Waals surface area contributed by atoms with Crippen LogP contribution >= 0.6 is 0 Å². The minimum atomic E-state index is -5.62. The fraction of sp³-hybridized carbons (Fsp3) is 0.462. The highest BCUT2D eigenvalue weighted by Gasteiger charge is 2.58. The maximum Gasteiger partial charge on any atom is 0.423 e. The second-order valence-electron chi connectivity index (χ2n) is 4.50. The molecule has 0 aromatic heterocycles. The molecule has 1 aromatic rings. The van der Waals surface area contributed by atoms with Gasteiger partial charge in [0.15, 0.2) is 5.78 Å². The molecule has 0 unspecified atom stereocenters. The Bertz CT molecular complexity index is 504. The lowest BCUT2D eigenvalue weighted by atomic mass is 10.0. The fourth-order valence-corrected chi connectivity index (χ4v) is 1.53. The molecule has 0 saturated heterocycles. The standard InChI is InChI=1S/C13H12F6O2/c1-7-3-4-9(5-8(7)2)10(20)6-21-11(12(14,15)16)13(17,18)19/h3-5,11H,6H2,1-2H3. The summed E-state index contributed by atoms with van der Waals surface area (Å²) in [7, 11) is 0. The molecule has 1 rings (SSSR count). The molecule has 0 radical (unpaired) electrons. The van der Waals surface area contributed by atoms with Crippen molar-refractivity contribution < 1.29 is 35.9 Å². The number of ketones is 1. The molecule has 2 nitrogen and oxygen atoms in total. The second-order valence-corrected chi connectivity index (χ2v) is 4.50. The average Bonchev–Trinajstić information content (AvgIpc) is 2.29. The molecule has 8 heteroatoms. The highest BCUT2D eigenvalue weighted by molar-refractivity contribution is 5.97. The first-order chi connectivity index (χ1) is 9.43. The fourth-order valence-electron chi connectivity index (χ4n) is 1.53. The lowest BCUT2D eigenvalue weighted by molar-refractivity contribution is -0.318. The molecular weight excluding hydrogens is 302 g/mol. The summed E-state index contributed by atoms with van der Waals surface area (Å²) in [5.41, 5.74) is 1.54. The van der Waals surface area contributed by atoms with Gasteiger partial charge in [-0.05, 0) is 31.0 Å². The Morgan fingerprint density at radius 2 is 1.57 bits per heavy atom. The number of aryl methyl sites for hydroxylation is 2. The van der Waals surface area contributed by atoms with E-state index in [1.807, 2.05) is 0 Å². The van der Waals surface area contributed by atoms with Crippen molar-refractivity contribution in [2.24, 2.45) is 0 Å². The SMILES string of the molecule is Cc1ccc(C(=O)COC(C(F)(F)F)C(F)(F)F)cc1C. The third-order valence-electron chi connectivity index (χ3n) is 2.80. The number of halogens is 6. The Morgan fingerprint density at radius 1 is 1.05 bits per heavy atom. The molecule has 0 atom stereocenters. The lowest BCUT2D eigenvalue weighted by Crippen LogP contribution is -2.45. The van der Waals surface area contributed by atoms with Crippen LogP contribution in [0.5, 0.6) is 0 Å². The van der Waals surface area contributed by atoms with Gasteiger partial charge in [-0.2, -0.15) is 26.3 Å². The molecule has 0 aliphatic carbocycles. The second kappa shape index (κ2) is 6.05. The normalized spacial score (nSPS) is 12.8. The summed E-state index contributed by atoms with van der Waals surface area (Å²) in [6.07, 6.45) is -15.2. The van der Waals surface area contributed by atoms with E-state index < -0.39 is 30.8 Å². The number of ether oxygens (including phenoxy) is 1. The maximum absolute atomic E-state index is 12.2. The molecule has 0 amide bonds. The van der Waals surface area contributed by atoms with Crippen molar-refractivity contribution in [1.82, 2.24) is 0 Å². The number of benzene rings is 1. The number of carbonyl (C=O) groups excluding carboxylic acids is 1. The van der Waals surface area contributed by atoms with Crippen LogP contribution in [-0.4, -0.2) is 30.8 Å². The van der Waals surface area contributed by atoms with Crippen molar-refractivity contribution in [3.05, 3.63) is 34.9 Å². The van der Waals surface area contributed by atoms with Crippen LogP contribution in [0.4, 0.5) is 26.3 Å². The maximum atomic E-state index is 12.2. The zero-order valence-corrected chi connectivity index (χ0v) is 11.1. The predicted octanol–water partition coefficient (Wildman–Crippen LogP) is 4.00. The van der Waals surface area contributed by atoms with Gasteiger partial charge in [0.25, 0.3) is 0 Å².